The van der Waals surface area contributed by atoms with Crippen LogP contribution in [0.4, 0.5) is 10.5 Å². The Balaban J connectivity index is 0.975. The number of halogens is 1. The Morgan fingerprint density at radius 2 is 1.18 bits per heavy atom. The van der Waals surface area contributed by atoms with E-state index < -0.39 is 132 Å². The summed E-state index contributed by atoms with van der Waals surface area (Å²) in [5.74, 6) is -8.89. The molecule has 2 unspecified atom stereocenters. The van der Waals surface area contributed by atoms with Crippen LogP contribution in [0.5, 0.6) is 0 Å². The normalized spacial score (nSPS) is 17.4. The maximum absolute atomic E-state index is 15.3. The molecule has 4 heterocycles. The second kappa shape index (κ2) is 39.0. The first-order valence-electron chi connectivity index (χ1n) is 36.2. The number of hydrogen-bond donors (Lipinski definition) is 14. The highest BCUT2D eigenvalue weighted by Crippen LogP contribution is 2.25. The van der Waals surface area contributed by atoms with Crippen molar-refractivity contribution in [1.82, 2.24) is 67.5 Å². The summed E-state index contributed by atoms with van der Waals surface area (Å²) in [6.07, 6.45) is 3.01. The summed E-state index contributed by atoms with van der Waals surface area (Å²) in [6, 6.07) is 22.1. The highest BCUT2D eigenvalue weighted by Gasteiger charge is 2.46. The van der Waals surface area contributed by atoms with Crippen LogP contribution in [-0.2, 0) is 91.3 Å². The molecule has 3 fully saturated rings. The largest absolute Gasteiger partial charge is 0.399 e. The topological polar surface area (TPSA) is 450 Å². The molecule has 30 nitrogen and oxygen atoms in total. The number of carbonyl (C=O) groups is 11. The molecule has 10 atom stereocenters. The first-order valence-corrected chi connectivity index (χ1v) is 36.5. The lowest BCUT2D eigenvalue weighted by molar-refractivity contribution is -0.142. The van der Waals surface area contributed by atoms with Gasteiger partial charge in [-0.3, -0.25) is 63.2 Å². The summed E-state index contributed by atoms with van der Waals surface area (Å²) in [5, 5.41) is 45.4. The van der Waals surface area contributed by atoms with Crippen molar-refractivity contribution in [3.8, 4) is 0 Å². The van der Waals surface area contributed by atoms with Crippen LogP contribution in [-0.4, -0.2) is 202 Å². The van der Waals surface area contributed by atoms with Crippen molar-refractivity contribution < 1.29 is 62.6 Å². The molecule has 0 radical (unpaired) electrons. The van der Waals surface area contributed by atoms with Crippen molar-refractivity contribution in [3.63, 3.8) is 0 Å². The Morgan fingerprint density at radius 1 is 0.630 bits per heavy atom. The summed E-state index contributed by atoms with van der Waals surface area (Å²) in [7, 11) is 0. The first kappa shape index (κ1) is 81.0. The standard InChI is InChI=1S/C77H96ClN17O13/c1-45(2)35-58(67(98)86-57(12-7-29-84-76(81)82)74(105)94-30-8-13-64(94)72(103)85-46(3)66(80)97)87-68(99)59(38-48-21-26-56(79)27-22-48)88-69(100)60(37-47-14-16-50(17-15-47)43-93-31-33-108-34-32-93)89-71(102)63(44-96)91-70(101)61(40-52-9-6-28-83-42-52)90-73(104)65(41-49-19-24-55(78)25-20-49)95-75(106)62(92-77(95)107)39-51-18-23-53-10-4-5-11-54(53)36-51/h4-6,9-11,14-28,36,42,45-46,57-65,96H,7-8,12-13,29-35,37-41,43-44,79H2,1-3H3,(H2,80,97)(H,85,103)(H,86,98)(H,87,99)(H,88,100)(H,89,102)(H,90,104)(H,91,101)(H,92,107)(H4,81,82,84)/t46-,57+,58+,59-,60+,61-,62?,63+,64+,65?/m1/s1. The number of fused-ring (bicyclic) bond motifs is 1. The molecule has 1 aromatic heterocycles. The van der Waals surface area contributed by atoms with Crippen LogP contribution in [0.25, 0.3) is 10.8 Å². The van der Waals surface area contributed by atoms with E-state index >= 15 is 14.4 Å². The fraction of sp³-hybridized carbons (Fsp3) is 0.416. The summed E-state index contributed by atoms with van der Waals surface area (Å²) < 4.78 is 5.55. The fourth-order valence-corrected chi connectivity index (χ4v) is 13.4. The number of nitrogen functional groups attached to an aromatic ring is 1. The Kier molecular flexibility index (Phi) is 29.2. The van der Waals surface area contributed by atoms with E-state index in [2.05, 4.69) is 57.7 Å². The minimum absolute atomic E-state index is 0.0107. The number of aliphatic hydroxyl groups excluding tert-OH is 1. The summed E-state index contributed by atoms with van der Waals surface area (Å²) in [5.41, 5.74) is 21.1. The third-order valence-electron chi connectivity index (χ3n) is 19.1. The van der Waals surface area contributed by atoms with Crippen molar-refractivity contribution >= 4 is 99.1 Å². The number of morpholine rings is 1. The number of aromatic nitrogens is 1. The number of aliphatic hydroxyl groups is 1. The zero-order valence-corrected chi connectivity index (χ0v) is 61.4. The second-order valence-corrected chi connectivity index (χ2v) is 28.3. The van der Waals surface area contributed by atoms with Crippen LogP contribution in [0.3, 0.4) is 0 Å². The highest BCUT2D eigenvalue weighted by molar-refractivity contribution is 6.30. The number of imide groups is 1. The lowest BCUT2D eigenvalue weighted by Gasteiger charge is -2.31. The number of benzene rings is 5. The quantitative estimate of drug-likeness (QED) is 0.00866. The molecule has 0 spiro atoms. The van der Waals surface area contributed by atoms with Crippen molar-refractivity contribution in [2.45, 2.75) is 152 Å². The third kappa shape index (κ3) is 23.2. The van der Waals surface area contributed by atoms with E-state index in [1.54, 1.807) is 86.6 Å². The number of urea groups is 1. The molecule has 0 aliphatic carbocycles. The number of amides is 12. The number of ether oxygens (including phenoxy) is 1. The van der Waals surface area contributed by atoms with E-state index in [-0.39, 0.29) is 82.8 Å². The van der Waals surface area contributed by atoms with Gasteiger partial charge in [0.15, 0.2) is 5.96 Å². The third-order valence-corrected chi connectivity index (χ3v) is 19.3. The SMILES string of the molecule is CC(C)C[C@H](NC(=O)[C@@H](Cc1ccc(N)cc1)NC(=O)[C@H](Cc1ccc(CN2CCOCC2)cc1)NC(=O)[C@H](CO)NC(=O)[C@@H](Cc1cccnc1)NC(=O)C(Cc1ccc(Cl)cc1)N1C(=O)NC(Cc2ccc3ccccc3c2)C1=O)C(=O)N[C@@H](CCCNC(=N)N)C(=O)N1CCC[C@H]1C(=O)N[C@H](C)C(N)=O. The van der Waals surface area contributed by atoms with Gasteiger partial charge in [-0.05, 0) is 119 Å². The van der Waals surface area contributed by atoms with Crippen molar-refractivity contribution in [1.29, 1.82) is 5.41 Å². The molecule has 108 heavy (non-hydrogen) atoms. The lowest BCUT2D eigenvalue weighted by Crippen LogP contribution is -2.61. The average Bonchev–Trinajstić information content (AvgIpc) is 1.63. The van der Waals surface area contributed by atoms with Crippen molar-refractivity contribution in [2.75, 3.05) is 51.7 Å². The smallest absolute Gasteiger partial charge is 0.325 e. The van der Waals surface area contributed by atoms with Crippen molar-refractivity contribution in [3.05, 3.63) is 178 Å². The number of nitrogens with one attached hydrogen (secondary N) is 10. The zero-order chi connectivity index (χ0) is 77.6. The van der Waals surface area contributed by atoms with Crippen LogP contribution in [0, 0.1) is 11.3 Å². The van der Waals surface area contributed by atoms with Gasteiger partial charge >= 0.3 is 6.03 Å². The zero-order valence-electron chi connectivity index (χ0n) is 60.6. The monoisotopic (exact) mass is 1500 g/mol. The number of hydrogen-bond acceptors (Lipinski definition) is 17. The first-order chi connectivity index (χ1) is 51.8. The molecule has 0 bridgehead atoms. The van der Waals surface area contributed by atoms with Gasteiger partial charge in [-0.15, -0.1) is 0 Å². The van der Waals surface area contributed by atoms with Gasteiger partial charge in [-0.25, -0.2) is 9.69 Å². The van der Waals surface area contributed by atoms with Gasteiger partial charge in [0.1, 0.15) is 60.4 Å². The molecule has 3 aliphatic heterocycles. The van der Waals surface area contributed by atoms with Gasteiger partial charge in [0, 0.05) is 87.9 Å². The number of anilines is 1. The van der Waals surface area contributed by atoms with Crippen LogP contribution >= 0.6 is 11.6 Å². The highest BCUT2D eigenvalue weighted by atomic mass is 35.5. The molecule has 31 heteroatoms. The molecule has 5 aromatic carbocycles. The van der Waals surface area contributed by atoms with E-state index in [0.29, 0.717) is 72.2 Å². The molecule has 12 amide bonds. The van der Waals surface area contributed by atoms with Gasteiger partial charge in [0.2, 0.25) is 53.2 Å². The summed E-state index contributed by atoms with van der Waals surface area (Å²) in [4.78, 5) is 167. The molecule has 574 valence electrons. The Hall–Kier alpha value is -11.1. The molecule has 3 aliphatic rings. The van der Waals surface area contributed by atoms with E-state index in [4.69, 9.17) is 38.9 Å². The molecule has 17 N–H and O–H groups in total. The van der Waals surface area contributed by atoms with Gasteiger partial charge in [-0.2, -0.15) is 0 Å². The number of rotatable bonds is 36. The predicted molar refractivity (Wildman–Crippen MR) is 403 cm³/mol. The molecular formula is C77H96ClN17O13. The number of nitrogens with two attached hydrogens (primary N) is 3. The number of likely N-dealkylation sites (tertiary alicyclic amines) is 1. The van der Waals surface area contributed by atoms with Gasteiger partial charge in [0.25, 0.3) is 5.91 Å². The average molecular weight is 1500 g/mol. The number of pyridine rings is 1. The fourth-order valence-electron chi connectivity index (χ4n) is 13.2. The molecule has 0 saturated carbocycles. The Morgan fingerprint density at radius 3 is 1.79 bits per heavy atom. The molecule has 6 aromatic rings. The Labute approximate surface area is 631 Å². The molecular weight excluding hydrogens is 1410 g/mol. The minimum atomic E-state index is -1.83. The Bertz CT molecular complexity index is 4170. The van der Waals surface area contributed by atoms with Crippen LogP contribution in [0.2, 0.25) is 5.02 Å². The van der Waals surface area contributed by atoms with Gasteiger partial charge < -0.3 is 79.8 Å². The van der Waals surface area contributed by atoms with E-state index in [0.717, 1.165) is 26.8 Å². The number of guanidine groups is 1. The maximum Gasteiger partial charge on any atom is 0.325 e. The van der Waals surface area contributed by atoms with E-state index in [1.807, 2.05) is 54.6 Å². The van der Waals surface area contributed by atoms with E-state index in [9.17, 15) is 43.5 Å². The summed E-state index contributed by atoms with van der Waals surface area (Å²) in [6.45, 7) is 7.40. The number of nitrogens with zero attached hydrogens (tertiary/aromatic N) is 4. The molecule has 9 rings (SSSR count). The number of carbonyl (C=O) groups excluding carboxylic acids is 11. The van der Waals surface area contributed by atoms with Crippen LogP contribution in [0.15, 0.2) is 140 Å². The van der Waals surface area contributed by atoms with Crippen LogP contribution < -0.4 is 65.1 Å². The minimum Gasteiger partial charge on any atom is -0.399 e. The predicted octanol–water partition coefficient (Wildman–Crippen LogP) is 1.30. The summed E-state index contributed by atoms with van der Waals surface area (Å²) >= 11 is 6.27. The molecule has 3 saturated heterocycles. The number of primary amides is 1. The van der Waals surface area contributed by atoms with Crippen molar-refractivity contribution in [2.24, 2.45) is 17.4 Å². The lowest BCUT2D eigenvalue weighted by atomic mass is 9.99. The van der Waals surface area contributed by atoms with Crippen LogP contribution in [0.1, 0.15) is 86.3 Å². The van der Waals surface area contributed by atoms with E-state index in [1.165, 1.54) is 24.2 Å². The van der Waals surface area contributed by atoms with Gasteiger partial charge in [0.05, 0.1) is 19.8 Å². The maximum atomic E-state index is 15.3. The second-order valence-electron chi connectivity index (χ2n) is 27.8. The van der Waals surface area contributed by atoms with Gasteiger partial charge in [-0.1, -0.05) is 123 Å².